The molecular formula is C21H20N4O5S. The molecule has 1 unspecified atom stereocenters. The summed E-state index contributed by atoms with van der Waals surface area (Å²) in [6.45, 7) is 2.20. The van der Waals surface area contributed by atoms with Crippen LogP contribution in [0.3, 0.4) is 0 Å². The van der Waals surface area contributed by atoms with Crippen molar-refractivity contribution < 1.29 is 22.4 Å². The van der Waals surface area contributed by atoms with Crippen LogP contribution in [0.15, 0.2) is 57.8 Å². The smallest absolute Gasteiger partial charge is 0.322 e. The van der Waals surface area contributed by atoms with Crippen LogP contribution in [-0.4, -0.2) is 43.2 Å². The van der Waals surface area contributed by atoms with Crippen LogP contribution in [-0.2, 0) is 14.6 Å². The second kappa shape index (κ2) is 7.95. The summed E-state index contributed by atoms with van der Waals surface area (Å²) in [4.78, 5) is 26.6. The quantitative estimate of drug-likeness (QED) is 0.647. The zero-order valence-corrected chi connectivity index (χ0v) is 17.7. The lowest BCUT2D eigenvalue weighted by Crippen LogP contribution is -2.24. The van der Waals surface area contributed by atoms with Gasteiger partial charge in [0.05, 0.1) is 10.8 Å². The van der Waals surface area contributed by atoms with E-state index in [0.717, 1.165) is 11.8 Å². The summed E-state index contributed by atoms with van der Waals surface area (Å²) in [5.41, 5.74) is 2.01. The van der Waals surface area contributed by atoms with E-state index in [4.69, 9.17) is 4.42 Å². The standard InChI is InChI=1S/C21H20N4O5S/c1-13-4-3-5-14(10-13)19(27)22-21-24-23-20(30-21)15-11-18(26)25(12-15)16-6-8-17(9-7-16)31(2,28)29/h3-10,15H,11-12H2,1-2H3,(H,22,24,27). The van der Waals surface area contributed by atoms with Gasteiger partial charge in [-0.15, -0.1) is 5.10 Å². The van der Waals surface area contributed by atoms with Gasteiger partial charge in [-0.3, -0.25) is 14.9 Å². The largest absolute Gasteiger partial charge is 0.407 e. The Morgan fingerprint density at radius 3 is 2.58 bits per heavy atom. The molecule has 0 radical (unpaired) electrons. The minimum Gasteiger partial charge on any atom is -0.407 e. The first-order valence-electron chi connectivity index (χ1n) is 9.52. The molecule has 0 saturated carbocycles. The highest BCUT2D eigenvalue weighted by Gasteiger charge is 2.35. The van der Waals surface area contributed by atoms with E-state index in [-0.39, 0.29) is 41.0 Å². The Balaban J connectivity index is 1.45. The Morgan fingerprint density at radius 2 is 1.90 bits per heavy atom. The normalized spacial score (nSPS) is 16.5. The lowest BCUT2D eigenvalue weighted by molar-refractivity contribution is -0.117. The maximum atomic E-state index is 12.5. The highest BCUT2D eigenvalue weighted by Crippen LogP contribution is 2.32. The van der Waals surface area contributed by atoms with Crippen molar-refractivity contribution in [1.82, 2.24) is 10.2 Å². The van der Waals surface area contributed by atoms with Gasteiger partial charge in [0.15, 0.2) is 9.84 Å². The number of rotatable bonds is 5. The molecule has 1 saturated heterocycles. The molecule has 0 bridgehead atoms. The first-order valence-corrected chi connectivity index (χ1v) is 11.4. The van der Waals surface area contributed by atoms with Crippen LogP contribution in [0.4, 0.5) is 11.7 Å². The fourth-order valence-electron chi connectivity index (χ4n) is 3.40. The van der Waals surface area contributed by atoms with Gasteiger partial charge in [0.2, 0.25) is 11.8 Å². The van der Waals surface area contributed by atoms with Crippen LogP contribution in [0.1, 0.15) is 34.2 Å². The Morgan fingerprint density at radius 1 is 1.16 bits per heavy atom. The van der Waals surface area contributed by atoms with Gasteiger partial charge in [0.1, 0.15) is 0 Å². The van der Waals surface area contributed by atoms with Crippen LogP contribution in [0, 0.1) is 6.92 Å². The molecule has 10 heteroatoms. The lowest BCUT2D eigenvalue weighted by atomic mass is 10.1. The molecule has 3 aromatic rings. The van der Waals surface area contributed by atoms with Gasteiger partial charge in [-0.2, -0.15) is 0 Å². The highest BCUT2D eigenvalue weighted by molar-refractivity contribution is 7.90. The molecule has 31 heavy (non-hydrogen) atoms. The molecule has 2 heterocycles. The second-order valence-corrected chi connectivity index (χ2v) is 9.46. The van der Waals surface area contributed by atoms with Gasteiger partial charge in [0, 0.05) is 30.5 Å². The van der Waals surface area contributed by atoms with Gasteiger partial charge in [-0.05, 0) is 43.3 Å². The van der Waals surface area contributed by atoms with E-state index in [1.54, 1.807) is 35.2 Å². The maximum absolute atomic E-state index is 12.5. The van der Waals surface area contributed by atoms with E-state index in [1.807, 2.05) is 13.0 Å². The third-order valence-electron chi connectivity index (χ3n) is 4.99. The van der Waals surface area contributed by atoms with Crippen molar-refractivity contribution in [3.05, 3.63) is 65.5 Å². The molecule has 1 aromatic heterocycles. The number of nitrogens with one attached hydrogen (secondary N) is 1. The van der Waals surface area contributed by atoms with Gasteiger partial charge in [-0.25, -0.2) is 8.42 Å². The number of aromatic nitrogens is 2. The second-order valence-electron chi connectivity index (χ2n) is 7.44. The van der Waals surface area contributed by atoms with E-state index in [1.165, 1.54) is 12.1 Å². The number of anilines is 2. The molecule has 1 N–H and O–H groups in total. The number of carbonyl (C=O) groups is 2. The third-order valence-corrected chi connectivity index (χ3v) is 6.12. The maximum Gasteiger partial charge on any atom is 0.322 e. The SMILES string of the molecule is Cc1cccc(C(=O)Nc2nnc(C3CC(=O)N(c4ccc(S(C)(=O)=O)cc4)C3)o2)c1. The van der Waals surface area contributed by atoms with Crippen LogP contribution in [0.2, 0.25) is 0 Å². The summed E-state index contributed by atoms with van der Waals surface area (Å²) in [6, 6.07) is 13.2. The van der Waals surface area contributed by atoms with Crippen LogP contribution in [0.25, 0.3) is 0 Å². The monoisotopic (exact) mass is 440 g/mol. The topological polar surface area (TPSA) is 122 Å². The summed E-state index contributed by atoms with van der Waals surface area (Å²) in [6.07, 6.45) is 1.30. The van der Waals surface area contributed by atoms with E-state index in [0.29, 0.717) is 17.8 Å². The highest BCUT2D eigenvalue weighted by atomic mass is 32.2. The number of carbonyl (C=O) groups excluding carboxylic acids is 2. The molecule has 2 amide bonds. The summed E-state index contributed by atoms with van der Waals surface area (Å²) in [5.74, 6) is -0.586. The fourth-order valence-corrected chi connectivity index (χ4v) is 4.03. The predicted octanol–water partition coefficient (Wildman–Crippen LogP) is 2.55. The molecule has 0 aliphatic carbocycles. The number of hydrogen-bond acceptors (Lipinski definition) is 7. The fraction of sp³-hybridized carbons (Fsp3) is 0.238. The van der Waals surface area contributed by atoms with Gasteiger partial charge >= 0.3 is 6.01 Å². The minimum absolute atomic E-state index is 0.0371. The van der Waals surface area contributed by atoms with Crippen molar-refractivity contribution >= 4 is 33.4 Å². The van der Waals surface area contributed by atoms with E-state index < -0.39 is 9.84 Å². The molecule has 160 valence electrons. The van der Waals surface area contributed by atoms with Crippen molar-refractivity contribution in [2.24, 2.45) is 0 Å². The molecule has 0 spiro atoms. The Kier molecular flexibility index (Phi) is 5.32. The zero-order valence-electron chi connectivity index (χ0n) is 16.9. The Labute approximate surface area is 179 Å². The molecule has 1 fully saturated rings. The van der Waals surface area contributed by atoms with Crippen LogP contribution >= 0.6 is 0 Å². The van der Waals surface area contributed by atoms with E-state index in [2.05, 4.69) is 15.5 Å². The van der Waals surface area contributed by atoms with Gasteiger partial charge < -0.3 is 9.32 Å². The third kappa shape index (κ3) is 4.48. The molecule has 4 rings (SSSR count). The molecule has 2 aromatic carbocycles. The van der Waals surface area contributed by atoms with Crippen molar-refractivity contribution in [3.63, 3.8) is 0 Å². The number of hydrogen-bond donors (Lipinski definition) is 1. The predicted molar refractivity (Wildman–Crippen MR) is 113 cm³/mol. The number of aryl methyl sites for hydroxylation is 1. The van der Waals surface area contributed by atoms with Crippen molar-refractivity contribution in [2.75, 3.05) is 23.0 Å². The summed E-state index contributed by atoms with van der Waals surface area (Å²) in [5, 5.41) is 10.4. The van der Waals surface area contributed by atoms with Crippen LogP contribution < -0.4 is 10.2 Å². The van der Waals surface area contributed by atoms with Crippen molar-refractivity contribution in [3.8, 4) is 0 Å². The first-order chi connectivity index (χ1) is 14.7. The summed E-state index contributed by atoms with van der Waals surface area (Å²) < 4.78 is 28.8. The molecule has 1 aliphatic rings. The van der Waals surface area contributed by atoms with Crippen LogP contribution in [0.5, 0.6) is 0 Å². The number of nitrogens with zero attached hydrogens (tertiary/aromatic N) is 3. The summed E-state index contributed by atoms with van der Waals surface area (Å²) >= 11 is 0. The van der Waals surface area contributed by atoms with Crippen molar-refractivity contribution in [1.29, 1.82) is 0 Å². The average molecular weight is 440 g/mol. The first kappa shape index (κ1) is 20.7. The Hall–Kier alpha value is -3.53. The molecular weight excluding hydrogens is 420 g/mol. The van der Waals surface area contributed by atoms with E-state index >= 15 is 0 Å². The van der Waals surface area contributed by atoms with Crippen molar-refractivity contribution in [2.45, 2.75) is 24.2 Å². The molecule has 1 aliphatic heterocycles. The lowest BCUT2D eigenvalue weighted by Gasteiger charge is -2.16. The molecule has 9 nitrogen and oxygen atoms in total. The molecule has 1 atom stereocenters. The Bertz CT molecular complexity index is 1250. The number of amides is 2. The summed E-state index contributed by atoms with van der Waals surface area (Å²) in [7, 11) is -3.31. The average Bonchev–Trinajstić information content (AvgIpc) is 3.34. The minimum atomic E-state index is -3.31. The number of sulfone groups is 1. The zero-order chi connectivity index (χ0) is 22.2. The van der Waals surface area contributed by atoms with E-state index in [9.17, 15) is 18.0 Å². The number of benzene rings is 2. The van der Waals surface area contributed by atoms with Gasteiger partial charge in [0.25, 0.3) is 5.91 Å². The van der Waals surface area contributed by atoms with Gasteiger partial charge in [-0.1, -0.05) is 22.8 Å².